The summed E-state index contributed by atoms with van der Waals surface area (Å²) >= 11 is 0. The lowest BCUT2D eigenvalue weighted by Gasteiger charge is -2.22. The molecule has 2 N–H and O–H groups in total. The normalized spacial score (nSPS) is 19.2. The molecule has 0 bridgehead atoms. The van der Waals surface area contributed by atoms with Crippen molar-refractivity contribution in [1.29, 1.82) is 0 Å². The third-order valence-corrected chi connectivity index (χ3v) is 4.38. The molecule has 0 unspecified atom stereocenters. The van der Waals surface area contributed by atoms with Gasteiger partial charge in [-0.05, 0) is 44.2 Å². The minimum Gasteiger partial charge on any atom is -0.325 e. The lowest BCUT2D eigenvalue weighted by Crippen LogP contribution is -2.42. The average molecular weight is 373 g/mol. The summed E-state index contributed by atoms with van der Waals surface area (Å²) in [5, 5.41) is 4.92. The number of rotatable bonds is 4. The Bertz CT molecular complexity index is 930. The summed E-state index contributed by atoms with van der Waals surface area (Å²) in [6.07, 6.45) is 0. The summed E-state index contributed by atoms with van der Waals surface area (Å²) in [6.45, 7) is 2.61. The molecule has 0 aromatic heterocycles. The number of hydrogen-bond acceptors (Lipinski definition) is 3. The summed E-state index contributed by atoms with van der Waals surface area (Å²) < 4.78 is 27.6. The van der Waals surface area contributed by atoms with Crippen LogP contribution in [0, 0.1) is 18.6 Å². The number of halogens is 2. The van der Waals surface area contributed by atoms with Crippen LogP contribution in [0.5, 0.6) is 0 Å². The van der Waals surface area contributed by atoms with Crippen LogP contribution >= 0.6 is 0 Å². The Morgan fingerprint density at radius 2 is 1.81 bits per heavy atom. The van der Waals surface area contributed by atoms with E-state index in [1.165, 1.54) is 6.92 Å². The quantitative estimate of drug-likeness (QED) is 0.809. The van der Waals surface area contributed by atoms with Crippen LogP contribution in [0.2, 0.25) is 0 Å². The fourth-order valence-electron chi connectivity index (χ4n) is 2.88. The molecule has 4 amide bonds. The van der Waals surface area contributed by atoms with Gasteiger partial charge >= 0.3 is 6.03 Å². The van der Waals surface area contributed by atoms with Gasteiger partial charge in [-0.15, -0.1) is 0 Å². The first kappa shape index (κ1) is 18.5. The summed E-state index contributed by atoms with van der Waals surface area (Å²) in [5.74, 6) is -3.01. The van der Waals surface area contributed by atoms with E-state index in [1.807, 2.05) is 6.92 Å². The molecular weight excluding hydrogens is 356 g/mol. The van der Waals surface area contributed by atoms with E-state index in [4.69, 9.17) is 0 Å². The second-order valence-corrected chi connectivity index (χ2v) is 6.48. The highest BCUT2D eigenvalue weighted by Gasteiger charge is 2.50. The highest BCUT2D eigenvalue weighted by atomic mass is 19.1. The van der Waals surface area contributed by atoms with E-state index < -0.39 is 41.6 Å². The maximum absolute atomic E-state index is 14.1. The molecule has 140 valence electrons. The standard InChI is InChI=1S/C19H17F2N3O3/c1-11-3-6-13(7-4-11)22-16(25)10-24-17(26)19(2,23-18(24)27)14-9-12(20)5-8-15(14)21/h3-9H,10H2,1-2H3,(H,22,25)(H,23,27)/t19-/m0/s1. The van der Waals surface area contributed by atoms with Crippen LogP contribution in [-0.4, -0.2) is 29.3 Å². The van der Waals surface area contributed by atoms with Crippen LogP contribution in [-0.2, 0) is 15.1 Å². The van der Waals surface area contributed by atoms with E-state index in [1.54, 1.807) is 24.3 Å². The smallest absolute Gasteiger partial charge is 0.325 e. The van der Waals surface area contributed by atoms with Crippen molar-refractivity contribution < 1.29 is 23.2 Å². The van der Waals surface area contributed by atoms with Crippen LogP contribution in [0.15, 0.2) is 42.5 Å². The third kappa shape index (κ3) is 3.51. The van der Waals surface area contributed by atoms with Gasteiger partial charge in [-0.25, -0.2) is 13.6 Å². The number of nitrogens with one attached hydrogen (secondary N) is 2. The molecule has 27 heavy (non-hydrogen) atoms. The van der Waals surface area contributed by atoms with Crippen molar-refractivity contribution >= 4 is 23.5 Å². The van der Waals surface area contributed by atoms with Crippen molar-refractivity contribution in [2.45, 2.75) is 19.4 Å². The predicted octanol–water partition coefficient (Wildman–Crippen LogP) is 2.68. The SMILES string of the molecule is Cc1ccc(NC(=O)CN2C(=O)N[C@@](C)(c3cc(F)ccc3F)C2=O)cc1. The fraction of sp³-hybridized carbons (Fsp3) is 0.211. The van der Waals surface area contributed by atoms with Gasteiger partial charge in [-0.3, -0.25) is 14.5 Å². The largest absolute Gasteiger partial charge is 0.325 e. The summed E-state index contributed by atoms with van der Waals surface area (Å²) in [6, 6.07) is 8.75. The molecule has 6 nitrogen and oxygen atoms in total. The lowest BCUT2D eigenvalue weighted by atomic mass is 9.91. The summed E-state index contributed by atoms with van der Waals surface area (Å²) in [5.41, 5.74) is -0.582. The van der Waals surface area contributed by atoms with Gasteiger partial charge in [-0.2, -0.15) is 0 Å². The fourth-order valence-corrected chi connectivity index (χ4v) is 2.88. The Hall–Kier alpha value is -3.29. The number of carbonyl (C=O) groups excluding carboxylic acids is 3. The van der Waals surface area contributed by atoms with Gasteiger partial charge in [0, 0.05) is 11.3 Å². The van der Waals surface area contributed by atoms with Gasteiger partial charge in [0.1, 0.15) is 23.7 Å². The van der Waals surface area contributed by atoms with E-state index in [0.29, 0.717) is 10.6 Å². The van der Waals surface area contributed by atoms with Gasteiger partial charge in [0.05, 0.1) is 0 Å². The summed E-state index contributed by atoms with van der Waals surface area (Å²) in [4.78, 5) is 37.8. The molecule has 3 rings (SSSR count). The highest BCUT2D eigenvalue weighted by molar-refractivity contribution is 6.10. The molecule has 1 aliphatic rings. The van der Waals surface area contributed by atoms with E-state index >= 15 is 0 Å². The van der Waals surface area contributed by atoms with Crippen molar-refractivity contribution in [2.75, 3.05) is 11.9 Å². The van der Waals surface area contributed by atoms with Crippen molar-refractivity contribution in [2.24, 2.45) is 0 Å². The minimum atomic E-state index is -1.80. The number of anilines is 1. The Morgan fingerprint density at radius 1 is 1.15 bits per heavy atom. The van der Waals surface area contributed by atoms with Crippen LogP contribution in [0.3, 0.4) is 0 Å². The molecule has 1 saturated heterocycles. The zero-order chi connectivity index (χ0) is 19.8. The third-order valence-electron chi connectivity index (χ3n) is 4.38. The first-order valence-corrected chi connectivity index (χ1v) is 8.17. The van der Waals surface area contributed by atoms with Gasteiger partial charge in [-0.1, -0.05) is 17.7 Å². The maximum atomic E-state index is 14.1. The average Bonchev–Trinajstić information content (AvgIpc) is 2.83. The van der Waals surface area contributed by atoms with E-state index in [0.717, 1.165) is 23.8 Å². The molecule has 1 aliphatic heterocycles. The van der Waals surface area contributed by atoms with Gasteiger partial charge in [0.15, 0.2) is 0 Å². The molecule has 1 heterocycles. The minimum absolute atomic E-state index is 0.303. The Labute approximate surface area is 154 Å². The second kappa shape index (κ2) is 6.79. The van der Waals surface area contributed by atoms with Gasteiger partial charge in [0.25, 0.3) is 5.91 Å². The first-order chi connectivity index (χ1) is 12.7. The van der Waals surface area contributed by atoms with Crippen molar-refractivity contribution in [1.82, 2.24) is 10.2 Å². The Balaban J connectivity index is 1.78. The van der Waals surface area contributed by atoms with Crippen molar-refractivity contribution in [3.63, 3.8) is 0 Å². The number of amides is 4. The molecule has 0 radical (unpaired) electrons. The van der Waals surface area contributed by atoms with Crippen LogP contribution in [0.25, 0.3) is 0 Å². The van der Waals surface area contributed by atoms with Crippen LogP contribution in [0.4, 0.5) is 19.3 Å². The lowest BCUT2D eigenvalue weighted by molar-refractivity contribution is -0.133. The van der Waals surface area contributed by atoms with E-state index in [2.05, 4.69) is 10.6 Å². The molecule has 1 atom stereocenters. The zero-order valence-corrected chi connectivity index (χ0v) is 14.7. The number of imide groups is 1. The van der Waals surface area contributed by atoms with Gasteiger partial charge < -0.3 is 10.6 Å². The molecule has 0 saturated carbocycles. The number of nitrogens with zero attached hydrogens (tertiary/aromatic N) is 1. The Kier molecular flexibility index (Phi) is 4.65. The highest BCUT2D eigenvalue weighted by Crippen LogP contribution is 2.31. The maximum Gasteiger partial charge on any atom is 0.325 e. The van der Waals surface area contributed by atoms with E-state index in [9.17, 15) is 23.2 Å². The van der Waals surface area contributed by atoms with Gasteiger partial charge in [0.2, 0.25) is 5.91 Å². The van der Waals surface area contributed by atoms with E-state index in [-0.39, 0.29) is 5.56 Å². The molecule has 1 fully saturated rings. The molecule has 0 spiro atoms. The first-order valence-electron chi connectivity index (χ1n) is 8.17. The molecule has 0 aliphatic carbocycles. The number of urea groups is 1. The van der Waals surface area contributed by atoms with Crippen LogP contribution < -0.4 is 10.6 Å². The van der Waals surface area contributed by atoms with Crippen molar-refractivity contribution in [3.05, 3.63) is 65.2 Å². The van der Waals surface area contributed by atoms with Crippen molar-refractivity contribution in [3.8, 4) is 0 Å². The monoisotopic (exact) mass is 373 g/mol. The number of aryl methyl sites for hydroxylation is 1. The topological polar surface area (TPSA) is 78.5 Å². The second-order valence-electron chi connectivity index (χ2n) is 6.48. The zero-order valence-electron chi connectivity index (χ0n) is 14.7. The number of carbonyl (C=O) groups is 3. The molecule has 2 aromatic carbocycles. The predicted molar refractivity (Wildman–Crippen MR) is 93.8 cm³/mol. The Morgan fingerprint density at radius 3 is 2.48 bits per heavy atom. The van der Waals surface area contributed by atoms with Crippen LogP contribution in [0.1, 0.15) is 18.1 Å². The molecular formula is C19H17F2N3O3. The number of hydrogen-bond donors (Lipinski definition) is 2. The summed E-state index contributed by atoms with van der Waals surface area (Å²) in [7, 11) is 0. The molecule has 2 aromatic rings. The molecule has 8 heteroatoms. The number of benzene rings is 2.